The summed E-state index contributed by atoms with van der Waals surface area (Å²) < 4.78 is 14.9. The summed E-state index contributed by atoms with van der Waals surface area (Å²) >= 11 is 3.15. The number of carbonyl (C=O) groups is 1. The molecule has 7 heteroatoms. The highest BCUT2D eigenvalue weighted by Crippen LogP contribution is 2.31. The van der Waals surface area contributed by atoms with Crippen LogP contribution in [0.3, 0.4) is 0 Å². The third kappa shape index (κ3) is 6.51. The van der Waals surface area contributed by atoms with E-state index in [9.17, 15) is 9.18 Å². The fraction of sp³-hybridized carbons (Fsp3) is 0.417. The Morgan fingerprint density at radius 3 is 2.52 bits per heavy atom. The highest BCUT2D eigenvalue weighted by Gasteiger charge is 2.21. The molecule has 0 aliphatic rings. The number of carbonyl (C=O) groups excluding carboxylic acids is 1. The highest BCUT2D eigenvalue weighted by atomic mass is 32.2. The van der Waals surface area contributed by atoms with E-state index in [4.69, 9.17) is 0 Å². The standard InChI is InChI=1S/C24H30FN3OS2/c1-4-27(5-2)15-16-28(24-26-23-20(25)8-6-9-21(23)31-24)22(29)10-7-17-30-19-13-11-18(3)12-14-19/h6,8-9,11-14H,4-5,7,10,15-17H2,1-3H3. The van der Waals surface area contributed by atoms with Gasteiger partial charge in [0.1, 0.15) is 11.3 Å². The minimum absolute atomic E-state index is 0.0520. The van der Waals surface area contributed by atoms with E-state index < -0.39 is 0 Å². The summed E-state index contributed by atoms with van der Waals surface area (Å²) in [6.45, 7) is 9.51. The van der Waals surface area contributed by atoms with Crippen LogP contribution in [0.2, 0.25) is 0 Å². The van der Waals surface area contributed by atoms with E-state index in [1.165, 1.54) is 27.9 Å². The summed E-state index contributed by atoms with van der Waals surface area (Å²) in [4.78, 5) is 22.8. The van der Waals surface area contributed by atoms with Crippen molar-refractivity contribution in [1.82, 2.24) is 9.88 Å². The first-order chi connectivity index (χ1) is 15.0. The predicted molar refractivity (Wildman–Crippen MR) is 131 cm³/mol. The lowest BCUT2D eigenvalue weighted by Gasteiger charge is -2.24. The Morgan fingerprint density at radius 2 is 1.84 bits per heavy atom. The molecular weight excluding hydrogens is 429 g/mol. The summed E-state index contributed by atoms with van der Waals surface area (Å²) in [6, 6.07) is 13.4. The van der Waals surface area contributed by atoms with Crippen molar-refractivity contribution in [3.8, 4) is 0 Å². The van der Waals surface area contributed by atoms with Crippen LogP contribution in [0.15, 0.2) is 47.4 Å². The van der Waals surface area contributed by atoms with Gasteiger partial charge in [0.2, 0.25) is 5.91 Å². The summed E-state index contributed by atoms with van der Waals surface area (Å²) in [5.41, 5.74) is 1.59. The fourth-order valence-electron chi connectivity index (χ4n) is 3.31. The first-order valence-electron chi connectivity index (χ1n) is 10.8. The Hall–Kier alpha value is -1.96. The second-order valence-electron chi connectivity index (χ2n) is 7.42. The van der Waals surface area contributed by atoms with Crippen LogP contribution >= 0.6 is 23.1 Å². The third-order valence-electron chi connectivity index (χ3n) is 5.25. The van der Waals surface area contributed by atoms with Gasteiger partial charge in [0.25, 0.3) is 0 Å². The first kappa shape index (κ1) is 23.7. The maximum atomic E-state index is 14.2. The van der Waals surface area contributed by atoms with Gasteiger partial charge in [0.05, 0.1) is 4.70 Å². The Kier molecular flexibility index (Phi) is 8.87. The van der Waals surface area contributed by atoms with E-state index in [0.717, 1.165) is 36.5 Å². The van der Waals surface area contributed by atoms with Gasteiger partial charge in [-0.15, -0.1) is 11.8 Å². The van der Waals surface area contributed by atoms with E-state index in [0.29, 0.717) is 23.6 Å². The van der Waals surface area contributed by atoms with Gasteiger partial charge in [-0.2, -0.15) is 0 Å². The second kappa shape index (κ2) is 11.6. The number of thiazole rings is 1. The number of thioether (sulfide) groups is 1. The molecule has 1 amide bonds. The van der Waals surface area contributed by atoms with Gasteiger partial charge in [-0.05, 0) is 56.5 Å². The number of halogens is 1. The monoisotopic (exact) mass is 459 g/mol. The lowest BCUT2D eigenvalue weighted by molar-refractivity contribution is -0.118. The van der Waals surface area contributed by atoms with Crippen molar-refractivity contribution in [1.29, 1.82) is 0 Å². The number of likely N-dealkylation sites (N-methyl/N-ethyl adjacent to an activating group) is 1. The van der Waals surface area contributed by atoms with Crippen molar-refractivity contribution in [3.05, 3.63) is 53.8 Å². The summed E-state index contributed by atoms with van der Waals surface area (Å²) in [7, 11) is 0. The Labute approximate surface area is 192 Å². The number of fused-ring (bicyclic) bond motifs is 1. The number of para-hydroxylation sites is 1. The maximum Gasteiger partial charge on any atom is 0.228 e. The normalized spacial score (nSPS) is 11.4. The third-order valence-corrected chi connectivity index (χ3v) is 7.39. The molecule has 0 aliphatic heterocycles. The molecule has 1 aromatic heterocycles. The molecule has 0 bridgehead atoms. The largest absolute Gasteiger partial charge is 0.302 e. The number of aryl methyl sites for hydroxylation is 1. The van der Waals surface area contributed by atoms with Crippen LogP contribution in [0.1, 0.15) is 32.3 Å². The fourth-order valence-corrected chi connectivity index (χ4v) is 5.19. The molecule has 4 nitrogen and oxygen atoms in total. The first-order valence-corrected chi connectivity index (χ1v) is 12.6. The van der Waals surface area contributed by atoms with Crippen molar-refractivity contribution in [2.45, 2.75) is 38.5 Å². The van der Waals surface area contributed by atoms with E-state index in [1.54, 1.807) is 22.7 Å². The van der Waals surface area contributed by atoms with E-state index >= 15 is 0 Å². The quantitative estimate of drug-likeness (QED) is 0.261. The summed E-state index contributed by atoms with van der Waals surface area (Å²) in [6.07, 6.45) is 1.24. The topological polar surface area (TPSA) is 36.4 Å². The smallest absolute Gasteiger partial charge is 0.228 e. The van der Waals surface area contributed by atoms with Crippen LogP contribution < -0.4 is 4.90 Å². The van der Waals surface area contributed by atoms with Gasteiger partial charge in [0.15, 0.2) is 5.13 Å². The van der Waals surface area contributed by atoms with Crippen LogP contribution in [0.4, 0.5) is 9.52 Å². The molecule has 0 spiro atoms. The molecule has 0 N–H and O–H groups in total. The highest BCUT2D eigenvalue weighted by molar-refractivity contribution is 7.99. The van der Waals surface area contributed by atoms with Gasteiger partial charge < -0.3 is 4.90 Å². The number of amides is 1. The number of nitrogens with zero attached hydrogens (tertiary/aromatic N) is 3. The zero-order chi connectivity index (χ0) is 22.2. The molecular formula is C24H30FN3OS2. The van der Waals surface area contributed by atoms with Gasteiger partial charge >= 0.3 is 0 Å². The SMILES string of the molecule is CCN(CC)CCN(C(=O)CCCSc1ccc(C)cc1)c1nc2c(F)cccc2s1. The van der Waals surface area contributed by atoms with Crippen LogP contribution in [-0.4, -0.2) is 47.7 Å². The van der Waals surface area contributed by atoms with Gasteiger partial charge in [0, 0.05) is 24.4 Å². The van der Waals surface area contributed by atoms with Gasteiger partial charge in [-0.1, -0.05) is 48.9 Å². The number of rotatable bonds is 11. The number of benzene rings is 2. The summed E-state index contributed by atoms with van der Waals surface area (Å²) in [5, 5.41) is 0.587. The second-order valence-corrected chi connectivity index (χ2v) is 9.60. The Morgan fingerprint density at radius 1 is 1.10 bits per heavy atom. The van der Waals surface area contributed by atoms with Crippen molar-refractivity contribution in [3.63, 3.8) is 0 Å². The molecule has 2 aromatic carbocycles. The van der Waals surface area contributed by atoms with Gasteiger partial charge in [-0.25, -0.2) is 9.37 Å². The molecule has 166 valence electrons. The molecule has 0 saturated carbocycles. The van der Waals surface area contributed by atoms with E-state index in [-0.39, 0.29) is 11.7 Å². The molecule has 0 atom stereocenters. The minimum Gasteiger partial charge on any atom is -0.302 e. The minimum atomic E-state index is -0.342. The van der Waals surface area contributed by atoms with Crippen molar-refractivity contribution in [2.24, 2.45) is 0 Å². The maximum absolute atomic E-state index is 14.2. The average Bonchev–Trinajstić information content (AvgIpc) is 3.21. The van der Waals surface area contributed by atoms with E-state index in [1.807, 2.05) is 6.07 Å². The molecule has 3 aromatic rings. The number of hydrogen-bond donors (Lipinski definition) is 0. The predicted octanol–water partition coefficient (Wildman–Crippen LogP) is 5.99. The molecule has 0 unspecified atom stereocenters. The number of hydrogen-bond acceptors (Lipinski definition) is 5. The zero-order valence-electron chi connectivity index (χ0n) is 18.4. The Balaban J connectivity index is 1.66. The van der Waals surface area contributed by atoms with Crippen LogP contribution in [0.25, 0.3) is 10.2 Å². The number of aromatic nitrogens is 1. The average molecular weight is 460 g/mol. The van der Waals surface area contributed by atoms with Crippen molar-refractivity contribution in [2.75, 3.05) is 36.8 Å². The van der Waals surface area contributed by atoms with Crippen LogP contribution in [0.5, 0.6) is 0 Å². The van der Waals surface area contributed by atoms with Crippen molar-refractivity contribution < 1.29 is 9.18 Å². The summed E-state index contributed by atoms with van der Waals surface area (Å²) in [5.74, 6) is 0.592. The molecule has 0 aliphatic carbocycles. The van der Waals surface area contributed by atoms with Crippen LogP contribution in [-0.2, 0) is 4.79 Å². The van der Waals surface area contributed by atoms with Crippen molar-refractivity contribution >= 4 is 44.4 Å². The zero-order valence-corrected chi connectivity index (χ0v) is 20.1. The lowest BCUT2D eigenvalue weighted by atomic mass is 10.2. The number of anilines is 1. The van der Waals surface area contributed by atoms with Crippen LogP contribution in [0, 0.1) is 12.7 Å². The molecule has 0 radical (unpaired) electrons. The molecule has 0 fully saturated rings. The van der Waals surface area contributed by atoms with E-state index in [2.05, 4.69) is 54.9 Å². The Bertz CT molecular complexity index is 986. The molecule has 0 saturated heterocycles. The molecule has 31 heavy (non-hydrogen) atoms. The lowest BCUT2D eigenvalue weighted by Crippen LogP contribution is -2.38. The van der Waals surface area contributed by atoms with Gasteiger partial charge in [-0.3, -0.25) is 9.69 Å². The molecule has 1 heterocycles. The molecule has 3 rings (SSSR count).